The van der Waals surface area contributed by atoms with Gasteiger partial charge in [0, 0.05) is 13.2 Å². The van der Waals surface area contributed by atoms with E-state index in [0.717, 1.165) is 19.4 Å². The molecule has 0 saturated heterocycles. The zero-order chi connectivity index (χ0) is 13.9. The number of primary amides is 1. The van der Waals surface area contributed by atoms with Gasteiger partial charge in [-0.05, 0) is 39.7 Å². The first-order chi connectivity index (χ1) is 8.56. The molecule has 0 aromatic heterocycles. The van der Waals surface area contributed by atoms with Crippen molar-refractivity contribution in [1.29, 1.82) is 0 Å². The summed E-state index contributed by atoms with van der Waals surface area (Å²) in [7, 11) is 0. The quantitative estimate of drug-likeness (QED) is 0.515. The lowest BCUT2D eigenvalue weighted by Crippen LogP contribution is -2.53. The molecule has 0 aromatic rings. The number of ether oxygens (including phenoxy) is 2. The van der Waals surface area contributed by atoms with Crippen molar-refractivity contribution in [3.8, 4) is 0 Å². The van der Waals surface area contributed by atoms with Crippen molar-refractivity contribution < 1.29 is 14.3 Å². The summed E-state index contributed by atoms with van der Waals surface area (Å²) < 4.78 is 10.6. The highest BCUT2D eigenvalue weighted by atomic mass is 16.5. The van der Waals surface area contributed by atoms with Crippen LogP contribution in [0.3, 0.4) is 0 Å². The third-order valence-electron chi connectivity index (χ3n) is 2.85. The highest BCUT2D eigenvalue weighted by Crippen LogP contribution is 2.12. The van der Waals surface area contributed by atoms with Crippen LogP contribution in [0.4, 0.5) is 0 Å². The molecule has 1 amide bonds. The Kier molecular flexibility index (Phi) is 9.92. The topological polar surface area (TPSA) is 73.6 Å². The van der Waals surface area contributed by atoms with E-state index in [1.165, 1.54) is 0 Å². The molecule has 0 bridgehead atoms. The molecule has 1 unspecified atom stereocenters. The van der Waals surface area contributed by atoms with E-state index >= 15 is 0 Å². The van der Waals surface area contributed by atoms with Crippen LogP contribution in [0.25, 0.3) is 0 Å². The van der Waals surface area contributed by atoms with Crippen LogP contribution in [0.1, 0.15) is 40.0 Å². The van der Waals surface area contributed by atoms with Crippen LogP contribution in [0.15, 0.2) is 0 Å². The standard InChI is InChI=1S/C13H28N2O3/c1-4-8-15-13(3,12(14)16)7-6-9-18-11-10-17-5-2/h15H,4-11H2,1-3H3,(H2,14,16). The van der Waals surface area contributed by atoms with Gasteiger partial charge in [0.25, 0.3) is 0 Å². The molecule has 0 radical (unpaired) electrons. The number of hydrogen-bond donors (Lipinski definition) is 2. The van der Waals surface area contributed by atoms with Gasteiger partial charge in [-0.1, -0.05) is 6.92 Å². The molecular formula is C13H28N2O3. The van der Waals surface area contributed by atoms with Crippen molar-refractivity contribution in [2.45, 2.75) is 45.6 Å². The second-order valence-electron chi connectivity index (χ2n) is 4.54. The van der Waals surface area contributed by atoms with Crippen molar-refractivity contribution in [1.82, 2.24) is 5.32 Å². The number of nitrogens with two attached hydrogens (primary N) is 1. The average molecular weight is 260 g/mol. The Bertz CT molecular complexity index is 224. The third kappa shape index (κ3) is 7.63. The minimum atomic E-state index is -0.626. The number of nitrogens with one attached hydrogen (secondary N) is 1. The van der Waals surface area contributed by atoms with Crippen molar-refractivity contribution >= 4 is 5.91 Å². The second-order valence-corrected chi connectivity index (χ2v) is 4.54. The fourth-order valence-corrected chi connectivity index (χ4v) is 1.59. The van der Waals surface area contributed by atoms with Crippen LogP contribution in [-0.4, -0.2) is 44.4 Å². The fraction of sp³-hybridized carbons (Fsp3) is 0.923. The first kappa shape index (κ1) is 17.4. The zero-order valence-corrected chi connectivity index (χ0v) is 12.0. The molecule has 0 rings (SSSR count). The monoisotopic (exact) mass is 260 g/mol. The highest BCUT2D eigenvalue weighted by molar-refractivity contribution is 5.84. The molecule has 5 heteroatoms. The lowest BCUT2D eigenvalue weighted by atomic mass is 9.95. The molecule has 18 heavy (non-hydrogen) atoms. The van der Waals surface area contributed by atoms with Gasteiger partial charge < -0.3 is 20.5 Å². The zero-order valence-electron chi connectivity index (χ0n) is 12.0. The summed E-state index contributed by atoms with van der Waals surface area (Å²) in [5.41, 5.74) is 4.80. The summed E-state index contributed by atoms with van der Waals surface area (Å²) in [5, 5.41) is 3.20. The second kappa shape index (κ2) is 10.3. The summed E-state index contributed by atoms with van der Waals surface area (Å²) in [6.07, 6.45) is 2.48. The molecule has 0 aliphatic heterocycles. The molecular weight excluding hydrogens is 232 g/mol. The van der Waals surface area contributed by atoms with Gasteiger partial charge in [-0.2, -0.15) is 0 Å². The molecule has 0 heterocycles. The lowest BCUT2D eigenvalue weighted by molar-refractivity contribution is -0.124. The summed E-state index contributed by atoms with van der Waals surface area (Å²) in [4.78, 5) is 11.4. The van der Waals surface area contributed by atoms with Gasteiger partial charge in [-0.25, -0.2) is 0 Å². The van der Waals surface area contributed by atoms with Gasteiger partial charge in [-0.15, -0.1) is 0 Å². The van der Waals surface area contributed by atoms with Crippen LogP contribution >= 0.6 is 0 Å². The average Bonchev–Trinajstić information content (AvgIpc) is 2.35. The molecule has 0 aromatic carbocycles. The van der Waals surface area contributed by atoms with Gasteiger partial charge in [0.1, 0.15) is 0 Å². The van der Waals surface area contributed by atoms with Gasteiger partial charge in [0.05, 0.1) is 18.8 Å². The molecule has 0 aliphatic rings. The predicted octanol–water partition coefficient (Wildman–Crippen LogP) is 1.06. The van der Waals surface area contributed by atoms with E-state index in [2.05, 4.69) is 12.2 Å². The van der Waals surface area contributed by atoms with Crippen molar-refractivity contribution in [3.05, 3.63) is 0 Å². The number of hydrogen-bond acceptors (Lipinski definition) is 4. The highest BCUT2D eigenvalue weighted by Gasteiger charge is 2.29. The first-order valence-electron chi connectivity index (χ1n) is 6.77. The minimum Gasteiger partial charge on any atom is -0.379 e. The first-order valence-corrected chi connectivity index (χ1v) is 6.77. The van der Waals surface area contributed by atoms with E-state index in [1.54, 1.807) is 0 Å². The maximum absolute atomic E-state index is 11.4. The fourth-order valence-electron chi connectivity index (χ4n) is 1.59. The Hall–Kier alpha value is -0.650. The smallest absolute Gasteiger partial charge is 0.237 e. The van der Waals surface area contributed by atoms with Crippen LogP contribution in [0, 0.1) is 0 Å². The van der Waals surface area contributed by atoms with E-state index in [1.807, 2.05) is 13.8 Å². The molecule has 5 nitrogen and oxygen atoms in total. The summed E-state index contributed by atoms with van der Waals surface area (Å²) in [6, 6.07) is 0. The molecule has 0 saturated carbocycles. The minimum absolute atomic E-state index is 0.301. The number of amides is 1. The van der Waals surface area contributed by atoms with E-state index in [0.29, 0.717) is 32.8 Å². The molecule has 0 fully saturated rings. The van der Waals surface area contributed by atoms with Crippen LogP contribution in [0.5, 0.6) is 0 Å². The van der Waals surface area contributed by atoms with Crippen LogP contribution in [-0.2, 0) is 14.3 Å². The summed E-state index contributed by atoms with van der Waals surface area (Å²) in [6.45, 7) is 9.23. The summed E-state index contributed by atoms with van der Waals surface area (Å²) in [5.74, 6) is -0.301. The number of carbonyl (C=O) groups excluding carboxylic acids is 1. The van der Waals surface area contributed by atoms with Gasteiger partial charge >= 0.3 is 0 Å². The van der Waals surface area contributed by atoms with Crippen LogP contribution < -0.4 is 11.1 Å². The molecule has 108 valence electrons. The summed E-state index contributed by atoms with van der Waals surface area (Å²) >= 11 is 0. The molecule has 0 spiro atoms. The Balaban J connectivity index is 3.73. The number of carbonyl (C=O) groups is 1. The van der Waals surface area contributed by atoms with Gasteiger partial charge in [0.15, 0.2) is 0 Å². The van der Waals surface area contributed by atoms with E-state index in [-0.39, 0.29) is 5.91 Å². The van der Waals surface area contributed by atoms with E-state index in [9.17, 15) is 4.79 Å². The van der Waals surface area contributed by atoms with E-state index in [4.69, 9.17) is 15.2 Å². The van der Waals surface area contributed by atoms with Crippen molar-refractivity contribution in [2.24, 2.45) is 5.73 Å². The Morgan fingerprint density at radius 1 is 1.22 bits per heavy atom. The Morgan fingerprint density at radius 3 is 2.44 bits per heavy atom. The van der Waals surface area contributed by atoms with E-state index < -0.39 is 5.54 Å². The third-order valence-corrected chi connectivity index (χ3v) is 2.85. The molecule has 0 aliphatic carbocycles. The molecule has 3 N–H and O–H groups in total. The Morgan fingerprint density at radius 2 is 1.89 bits per heavy atom. The lowest BCUT2D eigenvalue weighted by Gasteiger charge is -2.27. The van der Waals surface area contributed by atoms with Gasteiger partial charge in [-0.3, -0.25) is 4.79 Å². The maximum Gasteiger partial charge on any atom is 0.237 e. The van der Waals surface area contributed by atoms with Crippen LogP contribution in [0.2, 0.25) is 0 Å². The normalized spacial score (nSPS) is 14.4. The SMILES string of the molecule is CCCNC(C)(CCCOCCOCC)C(N)=O. The maximum atomic E-state index is 11.4. The largest absolute Gasteiger partial charge is 0.379 e. The van der Waals surface area contributed by atoms with Crippen molar-refractivity contribution in [3.63, 3.8) is 0 Å². The predicted molar refractivity (Wildman–Crippen MR) is 72.4 cm³/mol. The molecule has 1 atom stereocenters. The van der Waals surface area contributed by atoms with Gasteiger partial charge in [0.2, 0.25) is 5.91 Å². The Labute approximate surface area is 110 Å². The van der Waals surface area contributed by atoms with Crippen molar-refractivity contribution in [2.75, 3.05) is 33.0 Å². The number of rotatable bonds is 12.